The summed E-state index contributed by atoms with van der Waals surface area (Å²) in [6.45, 7) is 3.99. The number of anilines is 4. The second-order valence-corrected chi connectivity index (χ2v) is 6.81. The molecule has 0 unspecified atom stereocenters. The van der Waals surface area contributed by atoms with Gasteiger partial charge < -0.3 is 16.0 Å². The Morgan fingerprint density at radius 3 is 2.62 bits per heavy atom. The Morgan fingerprint density at radius 1 is 1.00 bits per heavy atom. The number of nitrogens with one attached hydrogen (secondary N) is 1. The molecule has 1 saturated heterocycles. The highest BCUT2D eigenvalue weighted by Gasteiger charge is 2.17. The van der Waals surface area contributed by atoms with Crippen molar-refractivity contribution < 1.29 is 0 Å². The topological polar surface area (TPSA) is 80.0 Å². The number of benzene rings is 1. The maximum Gasteiger partial charge on any atom is 0.159 e. The van der Waals surface area contributed by atoms with Crippen LogP contribution >= 0.6 is 0 Å². The molecule has 4 rings (SSSR count). The molecule has 3 heterocycles. The van der Waals surface area contributed by atoms with Gasteiger partial charge in [-0.3, -0.25) is 4.98 Å². The summed E-state index contributed by atoms with van der Waals surface area (Å²) in [6, 6.07) is 10.1. The third-order valence-corrected chi connectivity index (χ3v) is 4.89. The number of aromatic nitrogens is 3. The van der Waals surface area contributed by atoms with E-state index in [4.69, 9.17) is 5.73 Å². The molecule has 1 aliphatic rings. The van der Waals surface area contributed by atoms with Crippen LogP contribution in [-0.2, 0) is 0 Å². The molecule has 1 aromatic carbocycles. The van der Waals surface area contributed by atoms with Crippen LogP contribution in [0.1, 0.15) is 31.4 Å². The lowest BCUT2D eigenvalue weighted by molar-refractivity contribution is 0.726. The predicted octanol–water partition coefficient (Wildman–Crippen LogP) is 4.04. The van der Waals surface area contributed by atoms with Crippen molar-refractivity contribution in [2.24, 2.45) is 0 Å². The van der Waals surface area contributed by atoms with Gasteiger partial charge in [-0.1, -0.05) is 18.9 Å². The van der Waals surface area contributed by atoms with E-state index in [0.717, 1.165) is 41.2 Å². The first kappa shape index (κ1) is 16.6. The number of hydrogen-bond acceptors (Lipinski definition) is 6. The lowest BCUT2D eigenvalue weighted by Crippen LogP contribution is -2.26. The standard InChI is InChI=1S/C20H24N6/c1-14-9-10-15-16(24-14)7-6-8-17(15)25-19-18(21)20(23-13-22-19)26-11-4-2-3-5-12-26/h6-10,13H,2-5,11-12,21H2,1H3,(H,22,23,25). The fraction of sp³-hybridized carbons (Fsp3) is 0.350. The van der Waals surface area contributed by atoms with Crippen LogP contribution in [0.25, 0.3) is 10.9 Å². The molecule has 3 aromatic rings. The van der Waals surface area contributed by atoms with E-state index in [1.165, 1.54) is 25.7 Å². The molecular formula is C20H24N6. The van der Waals surface area contributed by atoms with Gasteiger partial charge in [0.1, 0.15) is 12.0 Å². The molecule has 2 aromatic heterocycles. The lowest BCUT2D eigenvalue weighted by atomic mass is 10.1. The number of fused-ring (bicyclic) bond motifs is 1. The molecule has 1 fully saturated rings. The molecule has 3 N–H and O–H groups in total. The van der Waals surface area contributed by atoms with Crippen LogP contribution in [0, 0.1) is 6.92 Å². The molecule has 0 saturated carbocycles. The van der Waals surface area contributed by atoms with E-state index in [9.17, 15) is 0 Å². The van der Waals surface area contributed by atoms with Gasteiger partial charge in [-0.25, -0.2) is 9.97 Å². The summed E-state index contributed by atoms with van der Waals surface area (Å²) in [5.41, 5.74) is 9.94. The van der Waals surface area contributed by atoms with Gasteiger partial charge in [-0.05, 0) is 44.0 Å². The summed E-state index contributed by atoms with van der Waals surface area (Å²) in [7, 11) is 0. The fourth-order valence-corrected chi connectivity index (χ4v) is 3.51. The van der Waals surface area contributed by atoms with Gasteiger partial charge in [0.15, 0.2) is 11.6 Å². The van der Waals surface area contributed by atoms with Gasteiger partial charge in [-0.2, -0.15) is 0 Å². The van der Waals surface area contributed by atoms with Gasteiger partial charge in [0.25, 0.3) is 0 Å². The van der Waals surface area contributed by atoms with Crippen molar-refractivity contribution in [2.75, 3.05) is 29.0 Å². The summed E-state index contributed by atoms with van der Waals surface area (Å²) in [6.07, 6.45) is 6.50. The second-order valence-electron chi connectivity index (χ2n) is 6.81. The average Bonchev–Trinajstić information content (AvgIpc) is 2.93. The average molecular weight is 348 g/mol. The van der Waals surface area contributed by atoms with E-state index in [2.05, 4.69) is 31.2 Å². The minimum Gasteiger partial charge on any atom is -0.393 e. The van der Waals surface area contributed by atoms with E-state index in [1.807, 2.05) is 31.2 Å². The number of rotatable bonds is 3. The Balaban J connectivity index is 1.68. The normalized spacial score (nSPS) is 15.0. The molecular weight excluding hydrogens is 324 g/mol. The van der Waals surface area contributed by atoms with Crippen molar-refractivity contribution in [1.29, 1.82) is 0 Å². The largest absolute Gasteiger partial charge is 0.393 e. The van der Waals surface area contributed by atoms with Crippen LogP contribution in [-0.4, -0.2) is 28.0 Å². The third-order valence-electron chi connectivity index (χ3n) is 4.89. The Kier molecular flexibility index (Phi) is 4.56. The summed E-state index contributed by atoms with van der Waals surface area (Å²) >= 11 is 0. The molecule has 6 heteroatoms. The quantitative estimate of drug-likeness (QED) is 0.743. The highest BCUT2D eigenvalue weighted by atomic mass is 15.2. The van der Waals surface area contributed by atoms with Crippen LogP contribution in [0.3, 0.4) is 0 Å². The summed E-state index contributed by atoms with van der Waals surface area (Å²) in [4.78, 5) is 15.7. The van der Waals surface area contributed by atoms with Crippen molar-refractivity contribution in [2.45, 2.75) is 32.6 Å². The summed E-state index contributed by atoms with van der Waals surface area (Å²) < 4.78 is 0. The van der Waals surface area contributed by atoms with Crippen molar-refractivity contribution in [1.82, 2.24) is 15.0 Å². The van der Waals surface area contributed by atoms with Gasteiger partial charge in [-0.15, -0.1) is 0 Å². The molecule has 0 atom stereocenters. The maximum absolute atomic E-state index is 6.44. The minimum absolute atomic E-state index is 0.603. The lowest BCUT2D eigenvalue weighted by Gasteiger charge is -2.23. The number of hydrogen-bond donors (Lipinski definition) is 2. The number of nitrogens with zero attached hydrogens (tertiary/aromatic N) is 4. The van der Waals surface area contributed by atoms with E-state index in [-0.39, 0.29) is 0 Å². The van der Waals surface area contributed by atoms with Crippen LogP contribution in [0.5, 0.6) is 0 Å². The van der Waals surface area contributed by atoms with E-state index < -0.39 is 0 Å². The first-order chi connectivity index (χ1) is 12.7. The Morgan fingerprint density at radius 2 is 1.81 bits per heavy atom. The van der Waals surface area contributed by atoms with E-state index in [1.54, 1.807) is 6.33 Å². The van der Waals surface area contributed by atoms with Crippen molar-refractivity contribution >= 4 is 33.9 Å². The van der Waals surface area contributed by atoms with Gasteiger partial charge in [0, 0.05) is 29.9 Å². The zero-order chi connectivity index (χ0) is 17.9. The second kappa shape index (κ2) is 7.15. The fourth-order valence-electron chi connectivity index (χ4n) is 3.51. The van der Waals surface area contributed by atoms with Crippen LogP contribution < -0.4 is 16.0 Å². The monoisotopic (exact) mass is 348 g/mol. The first-order valence-electron chi connectivity index (χ1n) is 9.21. The molecule has 0 aliphatic carbocycles. The van der Waals surface area contributed by atoms with Gasteiger partial charge >= 0.3 is 0 Å². The molecule has 0 amide bonds. The Bertz CT molecular complexity index is 915. The van der Waals surface area contributed by atoms with E-state index in [0.29, 0.717) is 11.5 Å². The van der Waals surface area contributed by atoms with Crippen LogP contribution in [0.2, 0.25) is 0 Å². The number of nitrogen functional groups attached to an aromatic ring is 1. The summed E-state index contributed by atoms with van der Waals surface area (Å²) in [5.74, 6) is 1.48. The minimum atomic E-state index is 0.603. The number of pyridine rings is 1. The molecule has 0 bridgehead atoms. The van der Waals surface area contributed by atoms with Gasteiger partial charge in [0.2, 0.25) is 0 Å². The zero-order valence-corrected chi connectivity index (χ0v) is 15.1. The van der Waals surface area contributed by atoms with Gasteiger partial charge in [0.05, 0.1) is 5.52 Å². The molecule has 134 valence electrons. The smallest absolute Gasteiger partial charge is 0.159 e. The molecule has 1 aliphatic heterocycles. The van der Waals surface area contributed by atoms with Crippen LogP contribution in [0.15, 0.2) is 36.7 Å². The highest BCUT2D eigenvalue weighted by Crippen LogP contribution is 2.32. The molecule has 0 radical (unpaired) electrons. The number of nitrogens with two attached hydrogens (primary N) is 1. The predicted molar refractivity (Wildman–Crippen MR) is 107 cm³/mol. The molecule has 26 heavy (non-hydrogen) atoms. The maximum atomic E-state index is 6.44. The third kappa shape index (κ3) is 3.27. The van der Waals surface area contributed by atoms with Crippen molar-refractivity contribution in [3.63, 3.8) is 0 Å². The SMILES string of the molecule is Cc1ccc2c(Nc3ncnc(N4CCCCCC4)c3N)cccc2n1. The zero-order valence-electron chi connectivity index (χ0n) is 15.1. The Labute approximate surface area is 153 Å². The van der Waals surface area contributed by atoms with Crippen LogP contribution in [0.4, 0.5) is 23.0 Å². The van der Waals surface area contributed by atoms with E-state index >= 15 is 0 Å². The van der Waals surface area contributed by atoms with Crippen molar-refractivity contribution in [3.8, 4) is 0 Å². The molecule has 6 nitrogen and oxygen atoms in total. The summed E-state index contributed by atoms with van der Waals surface area (Å²) in [5, 5.41) is 4.44. The number of aryl methyl sites for hydroxylation is 1. The highest BCUT2D eigenvalue weighted by molar-refractivity contribution is 5.94. The first-order valence-corrected chi connectivity index (χ1v) is 9.21. The molecule has 0 spiro atoms. The Hall–Kier alpha value is -2.89. The van der Waals surface area contributed by atoms with Crippen molar-refractivity contribution in [3.05, 3.63) is 42.4 Å².